The number of aliphatic hydroxyl groups excluding tert-OH is 1. The first-order valence-corrected chi connectivity index (χ1v) is 6.37. The number of fused-ring (bicyclic) bond motifs is 1. The van der Waals surface area contributed by atoms with E-state index in [1.807, 2.05) is 42.5 Å². The van der Waals surface area contributed by atoms with E-state index < -0.39 is 6.10 Å². The molecule has 1 amide bonds. The molecule has 0 radical (unpaired) electrons. The predicted molar refractivity (Wildman–Crippen MR) is 72.8 cm³/mol. The third-order valence-corrected chi connectivity index (χ3v) is 3.55. The van der Waals surface area contributed by atoms with Gasteiger partial charge in [0.1, 0.15) is 0 Å². The molecule has 2 aromatic rings. The average Bonchev–Trinajstić information content (AvgIpc) is 2.77. The lowest BCUT2D eigenvalue weighted by Gasteiger charge is -2.17. The van der Waals surface area contributed by atoms with E-state index in [1.165, 1.54) is 0 Å². The molecule has 19 heavy (non-hydrogen) atoms. The lowest BCUT2D eigenvalue weighted by Crippen LogP contribution is -2.37. The molecule has 2 atom stereocenters. The summed E-state index contributed by atoms with van der Waals surface area (Å²) < 4.78 is 0. The fourth-order valence-electron chi connectivity index (χ4n) is 2.55. The Hall–Kier alpha value is -2.13. The molecule has 3 rings (SSSR count). The molecular weight excluding hydrogens is 238 g/mol. The summed E-state index contributed by atoms with van der Waals surface area (Å²) in [5.74, 6) is -0.141. The minimum absolute atomic E-state index is 0.141. The van der Waals surface area contributed by atoms with Crippen LogP contribution in [0.15, 0.2) is 54.6 Å². The summed E-state index contributed by atoms with van der Waals surface area (Å²) in [5, 5.41) is 13.1. The maximum Gasteiger partial charge on any atom is 0.251 e. The van der Waals surface area contributed by atoms with Gasteiger partial charge in [-0.3, -0.25) is 4.79 Å². The van der Waals surface area contributed by atoms with E-state index in [0.717, 1.165) is 11.1 Å². The fraction of sp³-hybridized carbons (Fsp3) is 0.188. The summed E-state index contributed by atoms with van der Waals surface area (Å²) in [6.45, 7) is 0. The molecule has 0 aromatic heterocycles. The van der Waals surface area contributed by atoms with Crippen molar-refractivity contribution in [3.05, 3.63) is 71.3 Å². The largest absolute Gasteiger partial charge is 0.386 e. The molecule has 2 N–H and O–H groups in total. The summed E-state index contributed by atoms with van der Waals surface area (Å²) in [7, 11) is 0. The van der Waals surface area contributed by atoms with Gasteiger partial charge in [-0.1, -0.05) is 42.5 Å². The number of aliphatic hydroxyl groups is 1. The van der Waals surface area contributed by atoms with Crippen LogP contribution < -0.4 is 5.32 Å². The van der Waals surface area contributed by atoms with Crippen LogP contribution in [0.25, 0.3) is 0 Å². The van der Waals surface area contributed by atoms with Crippen molar-refractivity contribution in [1.82, 2.24) is 5.32 Å². The topological polar surface area (TPSA) is 49.3 Å². The average molecular weight is 253 g/mol. The normalized spacial score (nSPS) is 20.9. The van der Waals surface area contributed by atoms with Gasteiger partial charge in [0.2, 0.25) is 0 Å². The number of benzene rings is 2. The zero-order chi connectivity index (χ0) is 13.2. The molecule has 0 spiro atoms. The van der Waals surface area contributed by atoms with E-state index >= 15 is 0 Å². The van der Waals surface area contributed by atoms with Crippen molar-refractivity contribution >= 4 is 5.91 Å². The van der Waals surface area contributed by atoms with E-state index in [4.69, 9.17) is 0 Å². The van der Waals surface area contributed by atoms with Crippen molar-refractivity contribution < 1.29 is 9.90 Å². The Bertz CT molecular complexity index is 595. The van der Waals surface area contributed by atoms with Crippen LogP contribution in [0.3, 0.4) is 0 Å². The smallest absolute Gasteiger partial charge is 0.251 e. The van der Waals surface area contributed by atoms with Gasteiger partial charge < -0.3 is 10.4 Å². The molecule has 0 saturated heterocycles. The van der Waals surface area contributed by atoms with Gasteiger partial charge in [0.25, 0.3) is 5.91 Å². The van der Waals surface area contributed by atoms with Gasteiger partial charge in [-0.2, -0.15) is 0 Å². The Kier molecular flexibility index (Phi) is 3.05. The molecule has 0 fully saturated rings. The lowest BCUT2D eigenvalue weighted by atomic mass is 10.1. The first-order chi connectivity index (χ1) is 9.25. The second-order valence-corrected chi connectivity index (χ2v) is 4.79. The van der Waals surface area contributed by atoms with E-state index in [0.29, 0.717) is 12.0 Å². The van der Waals surface area contributed by atoms with Gasteiger partial charge in [0, 0.05) is 5.56 Å². The highest BCUT2D eigenvalue weighted by atomic mass is 16.3. The Morgan fingerprint density at radius 1 is 1.05 bits per heavy atom. The van der Waals surface area contributed by atoms with Crippen LogP contribution in [0.2, 0.25) is 0 Å². The summed E-state index contributed by atoms with van der Waals surface area (Å²) >= 11 is 0. The van der Waals surface area contributed by atoms with E-state index in [9.17, 15) is 9.90 Å². The van der Waals surface area contributed by atoms with Crippen molar-refractivity contribution in [1.29, 1.82) is 0 Å². The van der Waals surface area contributed by atoms with Crippen LogP contribution in [0.4, 0.5) is 0 Å². The number of nitrogens with one attached hydrogen (secondary N) is 1. The Labute approximate surface area is 111 Å². The van der Waals surface area contributed by atoms with Gasteiger partial charge in [0.05, 0.1) is 12.1 Å². The van der Waals surface area contributed by atoms with Gasteiger partial charge in [-0.25, -0.2) is 0 Å². The Balaban J connectivity index is 1.75. The molecule has 0 saturated carbocycles. The molecular formula is C16H15NO2. The molecule has 96 valence electrons. The van der Waals surface area contributed by atoms with Gasteiger partial charge in [0.15, 0.2) is 0 Å². The van der Waals surface area contributed by atoms with Crippen molar-refractivity contribution in [3.8, 4) is 0 Å². The molecule has 0 aliphatic heterocycles. The Morgan fingerprint density at radius 2 is 1.74 bits per heavy atom. The van der Waals surface area contributed by atoms with Crippen LogP contribution in [0.1, 0.15) is 27.6 Å². The first kappa shape index (κ1) is 11.9. The summed E-state index contributed by atoms with van der Waals surface area (Å²) in [5.41, 5.74) is 2.64. The predicted octanol–water partition coefficient (Wildman–Crippen LogP) is 2.07. The highest BCUT2D eigenvalue weighted by molar-refractivity contribution is 5.94. The van der Waals surface area contributed by atoms with Crippen LogP contribution >= 0.6 is 0 Å². The summed E-state index contributed by atoms with van der Waals surface area (Å²) in [6, 6.07) is 16.6. The van der Waals surface area contributed by atoms with Crippen LogP contribution in [-0.2, 0) is 6.42 Å². The number of hydrogen-bond acceptors (Lipinski definition) is 2. The second-order valence-electron chi connectivity index (χ2n) is 4.79. The number of carbonyl (C=O) groups is 1. The molecule has 1 aliphatic rings. The summed E-state index contributed by atoms with van der Waals surface area (Å²) in [4.78, 5) is 12.1. The second kappa shape index (κ2) is 4.86. The number of hydrogen-bond donors (Lipinski definition) is 2. The van der Waals surface area contributed by atoms with E-state index in [2.05, 4.69) is 5.32 Å². The zero-order valence-electron chi connectivity index (χ0n) is 10.4. The van der Waals surface area contributed by atoms with E-state index in [-0.39, 0.29) is 11.9 Å². The Morgan fingerprint density at radius 3 is 2.47 bits per heavy atom. The first-order valence-electron chi connectivity index (χ1n) is 6.37. The third kappa shape index (κ3) is 2.25. The number of carbonyl (C=O) groups excluding carboxylic acids is 1. The third-order valence-electron chi connectivity index (χ3n) is 3.55. The van der Waals surface area contributed by atoms with Crippen LogP contribution in [-0.4, -0.2) is 17.1 Å². The van der Waals surface area contributed by atoms with E-state index in [1.54, 1.807) is 12.1 Å². The minimum atomic E-state index is -0.621. The van der Waals surface area contributed by atoms with Gasteiger partial charge >= 0.3 is 0 Å². The molecule has 2 aromatic carbocycles. The highest BCUT2D eigenvalue weighted by Gasteiger charge is 2.31. The van der Waals surface area contributed by atoms with Gasteiger partial charge in [-0.05, 0) is 29.7 Å². The van der Waals surface area contributed by atoms with Crippen molar-refractivity contribution in [2.24, 2.45) is 0 Å². The molecule has 1 aliphatic carbocycles. The maximum absolute atomic E-state index is 12.1. The number of amides is 1. The van der Waals surface area contributed by atoms with Crippen molar-refractivity contribution in [2.45, 2.75) is 18.6 Å². The fourth-order valence-corrected chi connectivity index (χ4v) is 2.55. The number of rotatable bonds is 2. The highest BCUT2D eigenvalue weighted by Crippen LogP contribution is 2.31. The lowest BCUT2D eigenvalue weighted by molar-refractivity contribution is 0.0858. The molecule has 3 heteroatoms. The standard InChI is InChI=1S/C16H15NO2/c18-15-13-9-5-4-8-12(13)10-14(15)17-16(19)11-6-2-1-3-7-11/h1-9,14-15,18H,10H2,(H,17,19). The molecule has 0 bridgehead atoms. The molecule has 2 unspecified atom stereocenters. The molecule has 0 heterocycles. The van der Waals surface area contributed by atoms with Crippen molar-refractivity contribution in [2.75, 3.05) is 0 Å². The van der Waals surface area contributed by atoms with Crippen LogP contribution in [0, 0.1) is 0 Å². The quantitative estimate of drug-likeness (QED) is 0.860. The maximum atomic E-state index is 12.1. The van der Waals surface area contributed by atoms with Gasteiger partial charge in [-0.15, -0.1) is 0 Å². The minimum Gasteiger partial charge on any atom is -0.386 e. The summed E-state index contributed by atoms with van der Waals surface area (Å²) in [6.07, 6.45) is 0.0551. The monoisotopic (exact) mass is 253 g/mol. The molecule has 3 nitrogen and oxygen atoms in total. The van der Waals surface area contributed by atoms with Crippen LogP contribution in [0.5, 0.6) is 0 Å². The zero-order valence-corrected chi connectivity index (χ0v) is 10.4. The van der Waals surface area contributed by atoms with Crippen molar-refractivity contribution in [3.63, 3.8) is 0 Å². The SMILES string of the molecule is O=C(NC1Cc2ccccc2C1O)c1ccccc1.